The number of carbonyl (C=O) groups is 1. The lowest BCUT2D eigenvalue weighted by molar-refractivity contribution is -0.138. The number of hydrogen-bond acceptors (Lipinski definition) is 4. The monoisotopic (exact) mass is 407 g/mol. The van der Waals surface area contributed by atoms with E-state index in [1.807, 2.05) is 30.3 Å². The quantitative estimate of drug-likeness (QED) is 0.565. The summed E-state index contributed by atoms with van der Waals surface area (Å²) >= 11 is 6.49. The van der Waals surface area contributed by atoms with Crippen LogP contribution in [0.15, 0.2) is 51.3 Å². The van der Waals surface area contributed by atoms with Crippen LogP contribution in [-0.2, 0) is 4.79 Å². The number of aliphatic carboxylic acids is 1. The van der Waals surface area contributed by atoms with Gasteiger partial charge in [0.15, 0.2) is 0 Å². The molecular formula is C17H14BrNO2S2. The molecule has 0 bridgehead atoms. The van der Waals surface area contributed by atoms with Gasteiger partial charge in [0.1, 0.15) is 4.75 Å². The summed E-state index contributed by atoms with van der Waals surface area (Å²) in [4.78, 5) is 16.8. The maximum absolute atomic E-state index is 11.3. The second-order valence-electron chi connectivity index (χ2n) is 5.56. The Labute approximate surface area is 150 Å². The highest BCUT2D eigenvalue weighted by Crippen LogP contribution is 2.41. The number of halogens is 1. The lowest BCUT2D eigenvalue weighted by Crippen LogP contribution is -2.26. The molecule has 3 nitrogen and oxygen atoms in total. The minimum Gasteiger partial charge on any atom is -0.480 e. The first-order chi connectivity index (χ1) is 10.9. The van der Waals surface area contributed by atoms with Gasteiger partial charge < -0.3 is 5.11 Å². The molecule has 118 valence electrons. The number of carboxylic acids is 1. The van der Waals surface area contributed by atoms with Crippen LogP contribution in [0.1, 0.15) is 13.8 Å². The number of hydrogen-bond donors (Lipinski definition) is 1. The molecule has 0 unspecified atom stereocenters. The third kappa shape index (κ3) is 3.44. The van der Waals surface area contributed by atoms with E-state index in [9.17, 15) is 9.90 Å². The van der Waals surface area contributed by atoms with Gasteiger partial charge in [-0.25, -0.2) is 0 Å². The largest absolute Gasteiger partial charge is 0.480 e. The predicted octanol–water partition coefficient (Wildman–Crippen LogP) is 5.68. The number of nitrogens with zero attached hydrogens (tertiary/aromatic N) is 1. The van der Waals surface area contributed by atoms with Gasteiger partial charge in [0.2, 0.25) is 0 Å². The van der Waals surface area contributed by atoms with Gasteiger partial charge in [0, 0.05) is 26.5 Å². The summed E-state index contributed by atoms with van der Waals surface area (Å²) in [5.74, 6) is -0.809. The Hall–Kier alpha value is -1.37. The molecule has 1 N–H and O–H groups in total. The Kier molecular flexibility index (Phi) is 4.49. The molecule has 0 fully saturated rings. The van der Waals surface area contributed by atoms with E-state index in [1.165, 1.54) is 11.8 Å². The molecule has 0 aliphatic carbocycles. The summed E-state index contributed by atoms with van der Waals surface area (Å²) in [7, 11) is 0. The summed E-state index contributed by atoms with van der Waals surface area (Å²) in [6.45, 7) is 3.44. The predicted molar refractivity (Wildman–Crippen MR) is 100 cm³/mol. The van der Waals surface area contributed by atoms with Gasteiger partial charge >= 0.3 is 5.97 Å². The third-order valence-electron chi connectivity index (χ3n) is 3.42. The van der Waals surface area contributed by atoms with Crippen molar-refractivity contribution in [3.63, 3.8) is 0 Å². The van der Waals surface area contributed by atoms with E-state index in [0.29, 0.717) is 0 Å². The second kappa shape index (κ2) is 6.26. The van der Waals surface area contributed by atoms with Crippen molar-refractivity contribution in [2.45, 2.75) is 22.8 Å². The van der Waals surface area contributed by atoms with Crippen molar-refractivity contribution in [1.82, 2.24) is 4.98 Å². The maximum atomic E-state index is 11.3. The molecule has 0 spiro atoms. The molecule has 0 amide bonds. The highest BCUT2D eigenvalue weighted by atomic mass is 79.9. The van der Waals surface area contributed by atoms with Crippen molar-refractivity contribution in [3.05, 3.63) is 47.1 Å². The van der Waals surface area contributed by atoms with Crippen molar-refractivity contribution in [2.24, 2.45) is 0 Å². The van der Waals surface area contributed by atoms with E-state index in [2.05, 4.69) is 27.0 Å². The minimum atomic E-state index is -0.842. The Morgan fingerprint density at radius 1 is 1.26 bits per heavy atom. The van der Waals surface area contributed by atoms with Gasteiger partial charge in [0.05, 0.1) is 9.73 Å². The van der Waals surface area contributed by atoms with Gasteiger partial charge in [-0.3, -0.25) is 9.78 Å². The Morgan fingerprint density at radius 3 is 2.78 bits per heavy atom. The zero-order valence-corrected chi connectivity index (χ0v) is 15.8. The summed E-state index contributed by atoms with van der Waals surface area (Å²) in [6, 6.07) is 12.0. The molecule has 0 atom stereocenters. The standard InChI is InChI=1S/C17H14BrNO2S2/c1-17(2,16(20)21)23-15-6-5-14(22-15)11-7-8-19-13-4-3-10(18)9-12(11)13/h3-9H,1-2H3,(H,20,21). The first-order valence-corrected chi connectivity index (χ1v) is 9.36. The fraction of sp³-hybridized carbons (Fsp3) is 0.176. The molecule has 3 rings (SSSR count). The van der Waals surface area contributed by atoms with Crippen LogP contribution in [0.4, 0.5) is 0 Å². The molecule has 6 heteroatoms. The Morgan fingerprint density at radius 2 is 2.04 bits per heavy atom. The van der Waals surface area contributed by atoms with Crippen LogP contribution in [0.2, 0.25) is 0 Å². The van der Waals surface area contributed by atoms with E-state index >= 15 is 0 Å². The molecule has 2 heterocycles. The maximum Gasteiger partial charge on any atom is 0.319 e. The highest BCUT2D eigenvalue weighted by Gasteiger charge is 2.29. The van der Waals surface area contributed by atoms with Crippen LogP contribution >= 0.6 is 39.0 Å². The number of aromatic nitrogens is 1. The summed E-state index contributed by atoms with van der Waals surface area (Å²) in [6.07, 6.45) is 1.80. The molecule has 0 saturated heterocycles. The number of carboxylic acid groups (broad SMARTS) is 1. The van der Waals surface area contributed by atoms with Crippen LogP contribution in [0.25, 0.3) is 21.3 Å². The minimum absolute atomic E-state index is 0.809. The van der Waals surface area contributed by atoms with E-state index in [0.717, 1.165) is 30.0 Å². The first kappa shape index (κ1) is 16.5. The Balaban J connectivity index is 2.01. The number of thioether (sulfide) groups is 1. The van der Waals surface area contributed by atoms with E-state index in [-0.39, 0.29) is 0 Å². The van der Waals surface area contributed by atoms with Crippen LogP contribution in [0.3, 0.4) is 0 Å². The van der Waals surface area contributed by atoms with Crippen molar-refractivity contribution in [2.75, 3.05) is 0 Å². The second-order valence-corrected chi connectivity index (χ2v) is 9.48. The summed E-state index contributed by atoms with van der Waals surface area (Å²) < 4.78 is 1.16. The van der Waals surface area contributed by atoms with Crippen LogP contribution in [-0.4, -0.2) is 20.8 Å². The van der Waals surface area contributed by atoms with Gasteiger partial charge in [-0.05, 0) is 50.2 Å². The Bertz CT molecular complexity index is 889. The van der Waals surface area contributed by atoms with Gasteiger partial charge in [-0.1, -0.05) is 27.7 Å². The smallest absolute Gasteiger partial charge is 0.319 e. The summed E-state index contributed by atoms with van der Waals surface area (Å²) in [5.41, 5.74) is 2.06. The number of rotatable bonds is 4. The van der Waals surface area contributed by atoms with Crippen LogP contribution < -0.4 is 0 Å². The number of thiophene rings is 1. The van der Waals surface area contributed by atoms with E-state index in [4.69, 9.17) is 0 Å². The van der Waals surface area contributed by atoms with Gasteiger partial charge in [0.25, 0.3) is 0 Å². The number of pyridine rings is 1. The van der Waals surface area contributed by atoms with Gasteiger partial charge in [-0.15, -0.1) is 11.3 Å². The molecular weight excluding hydrogens is 394 g/mol. The van der Waals surface area contributed by atoms with Gasteiger partial charge in [-0.2, -0.15) is 0 Å². The molecule has 3 aromatic rings. The van der Waals surface area contributed by atoms with Crippen molar-refractivity contribution in [3.8, 4) is 10.4 Å². The molecule has 0 radical (unpaired) electrons. The molecule has 0 saturated carbocycles. The molecule has 2 aromatic heterocycles. The fourth-order valence-corrected chi connectivity index (χ4v) is 5.07. The SMILES string of the molecule is CC(C)(Sc1ccc(-c2ccnc3ccc(Br)cc23)s1)C(=O)O. The number of fused-ring (bicyclic) bond motifs is 1. The molecule has 23 heavy (non-hydrogen) atoms. The third-order valence-corrected chi connectivity index (χ3v) is 6.35. The van der Waals surface area contributed by atoms with Crippen molar-refractivity contribution < 1.29 is 9.90 Å². The average Bonchev–Trinajstić information content (AvgIpc) is 2.94. The topological polar surface area (TPSA) is 50.2 Å². The first-order valence-electron chi connectivity index (χ1n) is 6.94. The molecule has 0 aliphatic heterocycles. The summed E-state index contributed by atoms with van der Waals surface area (Å²) in [5, 5.41) is 10.3. The van der Waals surface area contributed by atoms with Crippen molar-refractivity contribution >= 4 is 55.9 Å². The van der Waals surface area contributed by atoms with E-state index in [1.54, 1.807) is 31.4 Å². The van der Waals surface area contributed by atoms with Crippen LogP contribution in [0.5, 0.6) is 0 Å². The molecule has 1 aromatic carbocycles. The zero-order chi connectivity index (χ0) is 16.6. The normalized spacial score (nSPS) is 11.8. The zero-order valence-electron chi connectivity index (χ0n) is 12.5. The average molecular weight is 408 g/mol. The number of benzene rings is 1. The van der Waals surface area contributed by atoms with E-state index < -0.39 is 10.7 Å². The fourth-order valence-electron chi connectivity index (χ4n) is 2.15. The van der Waals surface area contributed by atoms with Crippen molar-refractivity contribution in [1.29, 1.82) is 0 Å². The lowest BCUT2D eigenvalue weighted by atomic mass is 10.1. The lowest BCUT2D eigenvalue weighted by Gasteiger charge is -2.16. The van der Waals surface area contributed by atoms with Crippen LogP contribution in [0, 0.1) is 0 Å². The highest BCUT2D eigenvalue weighted by molar-refractivity contribution is 9.10. The molecule has 0 aliphatic rings.